The van der Waals surface area contributed by atoms with Gasteiger partial charge in [0.2, 0.25) is 0 Å². The zero-order valence-electron chi connectivity index (χ0n) is 12.5. The van der Waals surface area contributed by atoms with Gasteiger partial charge in [0.25, 0.3) is 0 Å². The van der Waals surface area contributed by atoms with Crippen molar-refractivity contribution in [3.05, 3.63) is 84.2 Å². The lowest BCUT2D eigenvalue weighted by Crippen LogP contribution is -2.01. The number of rotatable bonds is 4. The Morgan fingerprint density at radius 2 is 1.65 bits per heavy atom. The molecule has 0 saturated carbocycles. The van der Waals surface area contributed by atoms with E-state index in [1.807, 2.05) is 60.8 Å². The molecule has 0 aliphatic heterocycles. The number of aromatic amines is 2. The molecule has 4 aromatic rings. The molecule has 2 heterocycles. The van der Waals surface area contributed by atoms with Crippen molar-refractivity contribution < 1.29 is 4.79 Å². The van der Waals surface area contributed by atoms with Crippen LogP contribution in [0.3, 0.4) is 0 Å². The Labute approximate surface area is 134 Å². The molecule has 3 nitrogen and oxygen atoms in total. The van der Waals surface area contributed by atoms with Gasteiger partial charge in [0.15, 0.2) is 5.78 Å². The zero-order valence-corrected chi connectivity index (χ0v) is 12.5. The molecule has 0 spiro atoms. The first-order valence-corrected chi connectivity index (χ1v) is 7.63. The molecule has 0 fully saturated rings. The number of hydrogen-bond acceptors (Lipinski definition) is 1. The number of nitrogens with one attached hydrogen (secondary N) is 2. The number of Topliss-reactive ketones (excluding diaryl/α,β-unsaturated/α-hetero) is 1. The van der Waals surface area contributed by atoms with Gasteiger partial charge in [-0.25, -0.2) is 0 Å². The quantitative estimate of drug-likeness (QED) is 0.532. The summed E-state index contributed by atoms with van der Waals surface area (Å²) < 4.78 is 0. The zero-order chi connectivity index (χ0) is 15.6. The average molecular weight is 300 g/mol. The monoisotopic (exact) mass is 300 g/mol. The average Bonchev–Trinajstić information content (AvgIpc) is 3.22. The van der Waals surface area contributed by atoms with E-state index < -0.39 is 0 Å². The summed E-state index contributed by atoms with van der Waals surface area (Å²) in [6.07, 6.45) is 4.19. The van der Waals surface area contributed by atoms with Crippen molar-refractivity contribution in [1.29, 1.82) is 0 Å². The second-order valence-corrected chi connectivity index (χ2v) is 5.64. The van der Waals surface area contributed by atoms with Crippen LogP contribution >= 0.6 is 0 Å². The van der Waals surface area contributed by atoms with Crippen molar-refractivity contribution in [2.75, 3.05) is 0 Å². The second kappa shape index (κ2) is 5.61. The molecule has 0 bridgehead atoms. The molecule has 3 heteroatoms. The molecule has 0 amide bonds. The van der Waals surface area contributed by atoms with E-state index in [9.17, 15) is 4.79 Å². The van der Waals surface area contributed by atoms with Gasteiger partial charge in [0.05, 0.1) is 0 Å². The van der Waals surface area contributed by atoms with Crippen LogP contribution in [0.4, 0.5) is 0 Å². The number of aromatic nitrogens is 2. The summed E-state index contributed by atoms with van der Waals surface area (Å²) in [5, 5.41) is 1.15. The molecule has 23 heavy (non-hydrogen) atoms. The molecule has 0 radical (unpaired) electrons. The number of fused-ring (bicyclic) bond motifs is 1. The molecule has 0 saturated heterocycles. The Hall–Kier alpha value is -3.07. The van der Waals surface area contributed by atoms with Crippen molar-refractivity contribution in [2.24, 2.45) is 0 Å². The second-order valence-electron chi connectivity index (χ2n) is 5.64. The normalized spacial score (nSPS) is 11.0. The molecule has 0 atom stereocenters. The summed E-state index contributed by atoms with van der Waals surface area (Å²) in [5.74, 6) is 0.124. The van der Waals surface area contributed by atoms with Crippen LogP contribution in [0.5, 0.6) is 0 Å². The number of ketones is 1. The van der Waals surface area contributed by atoms with E-state index in [1.54, 1.807) is 6.20 Å². The highest BCUT2D eigenvalue weighted by Gasteiger charge is 2.12. The number of benzene rings is 2. The Kier molecular flexibility index (Phi) is 3.31. The van der Waals surface area contributed by atoms with Crippen LogP contribution in [0.1, 0.15) is 15.9 Å². The first kappa shape index (κ1) is 13.6. The van der Waals surface area contributed by atoms with Gasteiger partial charge < -0.3 is 9.97 Å². The highest BCUT2D eigenvalue weighted by molar-refractivity contribution is 6.00. The highest BCUT2D eigenvalue weighted by Crippen LogP contribution is 2.28. The van der Waals surface area contributed by atoms with Gasteiger partial charge in [-0.2, -0.15) is 0 Å². The smallest absolute Gasteiger partial charge is 0.168 e. The number of para-hydroxylation sites is 1. The lowest BCUT2D eigenvalue weighted by atomic mass is 10.0. The standard InChI is InChI=1S/C20H16N2O/c23-20(10-14-6-2-1-3-7-14)15-11-19(21-12-15)17-13-22-18-9-5-4-8-16(17)18/h1-9,11-13,21-22H,10H2. The number of carbonyl (C=O) groups excluding carboxylic acids is 1. The van der Waals surface area contributed by atoms with E-state index in [2.05, 4.69) is 16.0 Å². The van der Waals surface area contributed by atoms with Crippen LogP contribution in [-0.2, 0) is 6.42 Å². The first-order chi connectivity index (χ1) is 11.3. The molecule has 0 aliphatic rings. The largest absolute Gasteiger partial charge is 0.360 e. The molecule has 2 aromatic carbocycles. The molecule has 2 N–H and O–H groups in total. The van der Waals surface area contributed by atoms with Crippen molar-refractivity contribution in [2.45, 2.75) is 6.42 Å². The highest BCUT2D eigenvalue weighted by atomic mass is 16.1. The van der Waals surface area contributed by atoms with Gasteiger partial charge in [0.1, 0.15) is 0 Å². The lowest BCUT2D eigenvalue weighted by Gasteiger charge is -1.98. The minimum absolute atomic E-state index is 0.124. The lowest BCUT2D eigenvalue weighted by molar-refractivity contribution is 0.0993. The maximum atomic E-state index is 12.4. The summed E-state index contributed by atoms with van der Waals surface area (Å²) in [5.41, 5.74) is 4.88. The van der Waals surface area contributed by atoms with Crippen LogP contribution in [0.25, 0.3) is 22.2 Å². The minimum Gasteiger partial charge on any atom is -0.360 e. The van der Waals surface area contributed by atoms with Crippen LogP contribution in [0.15, 0.2) is 73.1 Å². The molecule has 4 rings (SSSR count). The van der Waals surface area contributed by atoms with Gasteiger partial charge in [-0.1, -0.05) is 48.5 Å². The van der Waals surface area contributed by atoms with Crippen molar-refractivity contribution in [3.63, 3.8) is 0 Å². The Morgan fingerprint density at radius 3 is 2.52 bits per heavy atom. The van der Waals surface area contributed by atoms with E-state index in [0.717, 1.165) is 27.7 Å². The van der Waals surface area contributed by atoms with E-state index in [0.29, 0.717) is 12.0 Å². The van der Waals surface area contributed by atoms with Crippen LogP contribution in [-0.4, -0.2) is 15.8 Å². The summed E-state index contributed by atoms with van der Waals surface area (Å²) in [4.78, 5) is 18.9. The third kappa shape index (κ3) is 2.57. The fourth-order valence-electron chi connectivity index (χ4n) is 2.89. The molecule has 0 aliphatic carbocycles. The van der Waals surface area contributed by atoms with Gasteiger partial charge in [0, 0.05) is 46.5 Å². The summed E-state index contributed by atoms with van der Waals surface area (Å²) in [6.45, 7) is 0. The van der Waals surface area contributed by atoms with Gasteiger partial charge in [-0.15, -0.1) is 0 Å². The summed E-state index contributed by atoms with van der Waals surface area (Å²) >= 11 is 0. The summed E-state index contributed by atoms with van der Waals surface area (Å²) in [6, 6.07) is 19.9. The molecular formula is C20H16N2O. The molecule has 112 valence electrons. The van der Waals surface area contributed by atoms with Crippen LogP contribution in [0, 0.1) is 0 Å². The fraction of sp³-hybridized carbons (Fsp3) is 0.0500. The summed E-state index contributed by atoms with van der Waals surface area (Å²) in [7, 11) is 0. The van der Waals surface area contributed by atoms with E-state index >= 15 is 0 Å². The van der Waals surface area contributed by atoms with Crippen molar-refractivity contribution in [3.8, 4) is 11.3 Å². The Bertz CT molecular complexity index is 963. The Balaban J connectivity index is 1.63. The molecular weight excluding hydrogens is 284 g/mol. The number of carbonyl (C=O) groups is 1. The van der Waals surface area contributed by atoms with Gasteiger partial charge in [-0.05, 0) is 17.7 Å². The van der Waals surface area contributed by atoms with Crippen molar-refractivity contribution >= 4 is 16.7 Å². The van der Waals surface area contributed by atoms with E-state index in [-0.39, 0.29) is 5.78 Å². The van der Waals surface area contributed by atoms with Crippen LogP contribution in [0.2, 0.25) is 0 Å². The Morgan fingerprint density at radius 1 is 0.870 bits per heavy atom. The predicted molar refractivity (Wildman–Crippen MR) is 92.6 cm³/mol. The van der Waals surface area contributed by atoms with Crippen LogP contribution < -0.4 is 0 Å². The first-order valence-electron chi connectivity index (χ1n) is 7.63. The van der Waals surface area contributed by atoms with E-state index in [4.69, 9.17) is 0 Å². The fourth-order valence-corrected chi connectivity index (χ4v) is 2.89. The van der Waals surface area contributed by atoms with Crippen molar-refractivity contribution in [1.82, 2.24) is 9.97 Å². The van der Waals surface area contributed by atoms with Gasteiger partial charge >= 0.3 is 0 Å². The molecule has 2 aromatic heterocycles. The third-order valence-corrected chi connectivity index (χ3v) is 4.09. The minimum atomic E-state index is 0.124. The maximum Gasteiger partial charge on any atom is 0.168 e. The van der Waals surface area contributed by atoms with Gasteiger partial charge in [-0.3, -0.25) is 4.79 Å². The molecule has 0 unspecified atom stereocenters. The topological polar surface area (TPSA) is 48.6 Å². The number of hydrogen-bond donors (Lipinski definition) is 2. The third-order valence-electron chi connectivity index (χ3n) is 4.09. The number of H-pyrrole nitrogens is 2. The van der Waals surface area contributed by atoms with E-state index in [1.165, 1.54) is 0 Å². The maximum absolute atomic E-state index is 12.4. The predicted octanol–water partition coefficient (Wildman–Crippen LogP) is 4.59. The SMILES string of the molecule is O=C(Cc1ccccc1)c1c[nH]c(-c2c[nH]c3ccccc23)c1.